The molecule has 0 bridgehead atoms. The first-order valence-corrected chi connectivity index (χ1v) is 4.12. The van der Waals surface area contributed by atoms with Crippen LogP contribution in [0.2, 0.25) is 0 Å². The number of Topliss-reactive ketones (excluding diaryl/α,β-unsaturated/α-hetero) is 1. The van der Waals surface area contributed by atoms with Crippen LogP contribution in [-0.4, -0.2) is 23.1 Å². The zero-order valence-corrected chi connectivity index (χ0v) is 7.23. The number of carboxylic acid groups (broad SMARTS) is 1. The summed E-state index contributed by atoms with van der Waals surface area (Å²) < 4.78 is 0. The molecular weight excluding hydrogens is 182 g/mol. The van der Waals surface area contributed by atoms with Crippen LogP contribution >= 0.6 is 0 Å². The van der Waals surface area contributed by atoms with E-state index in [0.29, 0.717) is 5.69 Å². The van der Waals surface area contributed by atoms with Gasteiger partial charge in [0.1, 0.15) is 0 Å². The number of nitrogens with zero attached hydrogens (tertiary/aromatic N) is 1. The SMILES string of the molecule is O=C(O)c1cccc2c1C(=O)CC=N2. The van der Waals surface area contributed by atoms with Crippen molar-refractivity contribution in [2.24, 2.45) is 4.99 Å². The van der Waals surface area contributed by atoms with Gasteiger partial charge in [0.15, 0.2) is 5.78 Å². The van der Waals surface area contributed by atoms with E-state index in [0.717, 1.165) is 0 Å². The van der Waals surface area contributed by atoms with Crippen molar-refractivity contribution in [1.29, 1.82) is 0 Å². The normalized spacial score (nSPS) is 13.9. The molecule has 4 heteroatoms. The van der Waals surface area contributed by atoms with Crippen LogP contribution < -0.4 is 0 Å². The van der Waals surface area contributed by atoms with Gasteiger partial charge in [0.2, 0.25) is 0 Å². The number of aliphatic imine (C=N–C) groups is 1. The lowest BCUT2D eigenvalue weighted by Gasteiger charge is -2.10. The van der Waals surface area contributed by atoms with Gasteiger partial charge in [-0.05, 0) is 12.1 Å². The van der Waals surface area contributed by atoms with Gasteiger partial charge in [0.25, 0.3) is 0 Å². The van der Waals surface area contributed by atoms with Crippen molar-refractivity contribution in [3.8, 4) is 0 Å². The quantitative estimate of drug-likeness (QED) is 0.730. The van der Waals surface area contributed by atoms with Gasteiger partial charge in [-0.25, -0.2) is 4.79 Å². The smallest absolute Gasteiger partial charge is 0.336 e. The number of carboxylic acids is 1. The van der Waals surface area contributed by atoms with Gasteiger partial charge in [0.05, 0.1) is 16.8 Å². The number of fused-ring (bicyclic) bond motifs is 1. The topological polar surface area (TPSA) is 66.7 Å². The van der Waals surface area contributed by atoms with Crippen molar-refractivity contribution < 1.29 is 14.7 Å². The van der Waals surface area contributed by atoms with E-state index in [1.54, 1.807) is 12.1 Å². The number of ketones is 1. The number of hydrogen-bond donors (Lipinski definition) is 1. The molecule has 70 valence electrons. The van der Waals surface area contributed by atoms with Gasteiger partial charge < -0.3 is 5.11 Å². The summed E-state index contributed by atoms with van der Waals surface area (Å²) in [5.41, 5.74) is 0.702. The summed E-state index contributed by atoms with van der Waals surface area (Å²) in [6.45, 7) is 0. The maximum absolute atomic E-state index is 11.5. The minimum Gasteiger partial charge on any atom is -0.478 e. The van der Waals surface area contributed by atoms with Gasteiger partial charge >= 0.3 is 5.97 Å². The Morgan fingerprint density at radius 3 is 2.93 bits per heavy atom. The Hall–Kier alpha value is -1.97. The van der Waals surface area contributed by atoms with Crippen LogP contribution in [0, 0.1) is 0 Å². The fourth-order valence-electron chi connectivity index (χ4n) is 1.45. The summed E-state index contributed by atoms with van der Waals surface area (Å²) in [7, 11) is 0. The van der Waals surface area contributed by atoms with E-state index in [2.05, 4.69) is 4.99 Å². The summed E-state index contributed by atoms with van der Waals surface area (Å²) in [6, 6.07) is 4.63. The number of carbonyl (C=O) groups excluding carboxylic acids is 1. The van der Waals surface area contributed by atoms with Crippen molar-refractivity contribution in [2.45, 2.75) is 6.42 Å². The maximum Gasteiger partial charge on any atom is 0.336 e. The van der Waals surface area contributed by atoms with Crippen LogP contribution in [0.15, 0.2) is 23.2 Å². The highest BCUT2D eigenvalue weighted by atomic mass is 16.4. The summed E-state index contributed by atoms with van der Waals surface area (Å²) in [4.78, 5) is 26.2. The van der Waals surface area contributed by atoms with Gasteiger partial charge in [0, 0.05) is 12.6 Å². The average Bonchev–Trinajstić information content (AvgIpc) is 2.17. The van der Waals surface area contributed by atoms with E-state index < -0.39 is 5.97 Å². The number of aromatic carboxylic acids is 1. The maximum atomic E-state index is 11.5. The first-order chi connectivity index (χ1) is 6.70. The van der Waals surface area contributed by atoms with Gasteiger partial charge in [-0.3, -0.25) is 9.79 Å². The highest BCUT2D eigenvalue weighted by Gasteiger charge is 2.21. The molecule has 0 aliphatic carbocycles. The van der Waals surface area contributed by atoms with Gasteiger partial charge in [-0.2, -0.15) is 0 Å². The van der Waals surface area contributed by atoms with Gasteiger partial charge in [-0.1, -0.05) is 6.07 Å². The number of hydrogen-bond acceptors (Lipinski definition) is 3. The minimum atomic E-state index is -1.09. The third-order valence-electron chi connectivity index (χ3n) is 2.06. The first-order valence-electron chi connectivity index (χ1n) is 4.12. The second kappa shape index (κ2) is 3.06. The summed E-state index contributed by atoms with van der Waals surface area (Å²) in [5, 5.41) is 8.85. The molecule has 0 atom stereocenters. The number of rotatable bonds is 1. The van der Waals surface area contributed by atoms with E-state index in [1.807, 2.05) is 0 Å². The van der Waals surface area contributed by atoms with Crippen molar-refractivity contribution in [3.05, 3.63) is 29.3 Å². The molecular formula is C10H7NO3. The Bertz CT molecular complexity index is 449. The summed E-state index contributed by atoms with van der Waals surface area (Å²) in [6.07, 6.45) is 1.67. The molecule has 0 radical (unpaired) electrons. The molecule has 1 aliphatic heterocycles. The molecule has 0 saturated carbocycles. The Balaban J connectivity index is 2.70. The molecule has 0 saturated heterocycles. The molecule has 0 unspecified atom stereocenters. The van der Waals surface area contributed by atoms with Crippen LogP contribution in [-0.2, 0) is 0 Å². The van der Waals surface area contributed by atoms with Gasteiger partial charge in [-0.15, -0.1) is 0 Å². The highest BCUT2D eigenvalue weighted by Crippen LogP contribution is 2.26. The average molecular weight is 189 g/mol. The van der Waals surface area contributed by atoms with Crippen molar-refractivity contribution in [3.63, 3.8) is 0 Å². The predicted octanol–water partition coefficient (Wildman–Crippen LogP) is 1.67. The third-order valence-corrected chi connectivity index (χ3v) is 2.06. The highest BCUT2D eigenvalue weighted by molar-refractivity contribution is 6.15. The number of carbonyl (C=O) groups is 2. The summed E-state index contributed by atoms with van der Waals surface area (Å²) in [5.74, 6) is -1.28. The van der Waals surface area contributed by atoms with Crippen molar-refractivity contribution in [2.75, 3.05) is 0 Å². The van der Waals surface area contributed by atoms with E-state index >= 15 is 0 Å². The second-order valence-electron chi connectivity index (χ2n) is 2.94. The largest absolute Gasteiger partial charge is 0.478 e. The molecule has 1 aromatic carbocycles. The zero-order valence-electron chi connectivity index (χ0n) is 7.23. The van der Waals surface area contributed by atoms with Crippen LogP contribution in [0.1, 0.15) is 27.1 Å². The lowest BCUT2D eigenvalue weighted by molar-refractivity contribution is 0.0692. The second-order valence-corrected chi connectivity index (χ2v) is 2.94. The predicted molar refractivity (Wildman–Crippen MR) is 50.5 cm³/mol. The minimum absolute atomic E-state index is 0.0318. The van der Waals surface area contributed by atoms with Crippen molar-refractivity contribution >= 4 is 23.7 Å². The lowest BCUT2D eigenvalue weighted by atomic mass is 9.98. The Morgan fingerprint density at radius 2 is 2.21 bits per heavy atom. The molecule has 14 heavy (non-hydrogen) atoms. The molecule has 0 aromatic heterocycles. The molecule has 0 spiro atoms. The van der Waals surface area contributed by atoms with E-state index in [-0.39, 0.29) is 23.3 Å². The van der Waals surface area contributed by atoms with Crippen LogP contribution in [0.4, 0.5) is 5.69 Å². The van der Waals surface area contributed by atoms with E-state index in [1.165, 1.54) is 12.3 Å². The Morgan fingerprint density at radius 1 is 1.43 bits per heavy atom. The fourth-order valence-corrected chi connectivity index (χ4v) is 1.45. The molecule has 0 fully saturated rings. The standard InChI is InChI=1S/C10H7NO3/c12-8-4-5-11-7-3-1-2-6(9(7)8)10(13)14/h1-3,5H,4H2,(H,13,14). The van der Waals surface area contributed by atoms with Crippen LogP contribution in [0.3, 0.4) is 0 Å². The molecule has 1 N–H and O–H groups in total. The molecule has 1 heterocycles. The molecule has 2 rings (SSSR count). The molecule has 0 amide bonds. The summed E-state index contributed by atoms with van der Waals surface area (Å²) >= 11 is 0. The monoisotopic (exact) mass is 189 g/mol. The van der Waals surface area contributed by atoms with E-state index in [4.69, 9.17) is 5.11 Å². The lowest BCUT2D eigenvalue weighted by Crippen LogP contribution is -2.11. The molecule has 4 nitrogen and oxygen atoms in total. The Labute approximate surface area is 79.9 Å². The molecule has 1 aromatic rings. The number of benzene rings is 1. The van der Waals surface area contributed by atoms with Crippen LogP contribution in [0.25, 0.3) is 0 Å². The first kappa shape index (κ1) is 8.62. The zero-order chi connectivity index (χ0) is 10.1. The molecule has 1 aliphatic rings. The third kappa shape index (κ3) is 1.21. The van der Waals surface area contributed by atoms with Crippen LogP contribution in [0.5, 0.6) is 0 Å². The fraction of sp³-hybridized carbons (Fsp3) is 0.100. The van der Waals surface area contributed by atoms with Crippen molar-refractivity contribution in [1.82, 2.24) is 0 Å². The Kier molecular flexibility index (Phi) is 1.89. The van der Waals surface area contributed by atoms with E-state index in [9.17, 15) is 9.59 Å².